The first-order valence-corrected chi connectivity index (χ1v) is 6.71. The van der Waals surface area contributed by atoms with Gasteiger partial charge in [-0.1, -0.05) is 13.8 Å². The Balaban J connectivity index is 2.34. The van der Waals surface area contributed by atoms with Gasteiger partial charge in [-0.05, 0) is 18.1 Å². The summed E-state index contributed by atoms with van der Waals surface area (Å²) in [5.41, 5.74) is 1.15. The molecule has 0 atom stereocenters. The summed E-state index contributed by atoms with van der Waals surface area (Å²) in [4.78, 5) is 27.3. The topological polar surface area (TPSA) is 83.1 Å². The molecule has 0 radical (unpaired) electrons. The van der Waals surface area contributed by atoms with Gasteiger partial charge in [-0.2, -0.15) is 0 Å². The summed E-state index contributed by atoms with van der Waals surface area (Å²) >= 11 is 0. The fourth-order valence-electron chi connectivity index (χ4n) is 1.50. The molecule has 0 bridgehead atoms. The van der Waals surface area contributed by atoms with Crippen LogP contribution in [0.15, 0.2) is 18.3 Å². The highest BCUT2D eigenvalue weighted by Gasteiger charge is 2.08. The quantitative estimate of drug-likeness (QED) is 0.695. The Bertz CT molecular complexity index is 460. The van der Waals surface area contributed by atoms with E-state index >= 15 is 0 Å². The minimum atomic E-state index is -0.279. The molecular formula is C14H22N4O2. The average Bonchev–Trinajstić information content (AvgIpc) is 2.45. The Kier molecular flexibility index (Phi) is 6.49. The van der Waals surface area contributed by atoms with Crippen LogP contribution in [0.1, 0.15) is 30.8 Å². The first-order chi connectivity index (χ1) is 9.52. The van der Waals surface area contributed by atoms with Crippen molar-refractivity contribution in [1.29, 1.82) is 0 Å². The zero-order chi connectivity index (χ0) is 15.0. The highest BCUT2D eigenvalue weighted by molar-refractivity contribution is 5.93. The van der Waals surface area contributed by atoms with Crippen molar-refractivity contribution in [1.82, 2.24) is 15.6 Å². The van der Waals surface area contributed by atoms with Crippen LogP contribution in [0.3, 0.4) is 0 Å². The van der Waals surface area contributed by atoms with Crippen LogP contribution in [0.2, 0.25) is 0 Å². The van der Waals surface area contributed by atoms with E-state index in [0.717, 1.165) is 5.69 Å². The highest BCUT2D eigenvalue weighted by Crippen LogP contribution is 2.06. The van der Waals surface area contributed by atoms with Crippen LogP contribution >= 0.6 is 0 Å². The summed E-state index contributed by atoms with van der Waals surface area (Å²) in [5, 5.41) is 8.42. The van der Waals surface area contributed by atoms with Crippen molar-refractivity contribution in [3.05, 3.63) is 24.0 Å². The number of hydrogen-bond acceptors (Lipinski definition) is 4. The number of aromatic nitrogens is 1. The van der Waals surface area contributed by atoms with Crippen LogP contribution in [0.4, 0.5) is 5.69 Å². The summed E-state index contributed by atoms with van der Waals surface area (Å²) in [5.74, 6) is 0.0803. The predicted molar refractivity (Wildman–Crippen MR) is 78.6 cm³/mol. The number of pyridine rings is 1. The summed E-state index contributed by atoms with van der Waals surface area (Å²) in [6.07, 6.45) is 1.83. The molecule has 1 rings (SSSR count). The normalized spacial score (nSPS) is 10.2. The van der Waals surface area contributed by atoms with E-state index in [1.807, 2.05) is 13.8 Å². The second-order valence-corrected chi connectivity index (χ2v) is 4.88. The van der Waals surface area contributed by atoms with E-state index in [9.17, 15) is 9.59 Å². The van der Waals surface area contributed by atoms with E-state index in [-0.39, 0.29) is 18.2 Å². The van der Waals surface area contributed by atoms with Crippen molar-refractivity contribution >= 4 is 17.5 Å². The van der Waals surface area contributed by atoms with Gasteiger partial charge in [-0.3, -0.25) is 14.6 Å². The number of carbonyl (C=O) groups excluding carboxylic acids is 2. The van der Waals surface area contributed by atoms with Crippen LogP contribution in [-0.2, 0) is 4.79 Å². The second-order valence-electron chi connectivity index (χ2n) is 4.88. The average molecular weight is 278 g/mol. The molecule has 1 aromatic heterocycles. The summed E-state index contributed by atoms with van der Waals surface area (Å²) in [7, 11) is 1.77. The Morgan fingerprint density at radius 3 is 2.70 bits per heavy atom. The molecule has 20 heavy (non-hydrogen) atoms. The molecule has 0 saturated heterocycles. The molecular weight excluding hydrogens is 256 g/mol. The minimum Gasteiger partial charge on any atom is -0.388 e. The molecule has 2 amide bonds. The molecule has 0 aliphatic heterocycles. The van der Waals surface area contributed by atoms with E-state index in [4.69, 9.17) is 0 Å². The van der Waals surface area contributed by atoms with Gasteiger partial charge < -0.3 is 16.0 Å². The summed E-state index contributed by atoms with van der Waals surface area (Å²) in [6, 6.07) is 3.43. The largest absolute Gasteiger partial charge is 0.388 e. The maximum atomic E-state index is 11.8. The van der Waals surface area contributed by atoms with E-state index in [2.05, 4.69) is 20.9 Å². The van der Waals surface area contributed by atoms with Crippen molar-refractivity contribution in [2.45, 2.75) is 20.3 Å². The number of amides is 2. The number of nitrogens with zero attached hydrogens (tertiary/aromatic N) is 1. The third kappa shape index (κ3) is 5.69. The van der Waals surface area contributed by atoms with Crippen molar-refractivity contribution in [2.75, 3.05) is 25.5 Å². The number of anilines is 1. The number of rotatable bonds is 7. The molecule has 6 heteroatoms. The lowest BCUT2D eigenvalue weighted by Crippen LogP contribution is -2.32. The minimum absolute atomic E-state index is 0.0593. The van der Waals surface area contributed by atoms with Gasteiger partial charge in [0.25, 0.3) is 5.91 Å². The van der Waals surface area contributed by atoms with Crippen LogP contribution in [-0.4, -0.2) is 36.9 Å². The van der Waals surface area contributed by atoms with Gasteiger partial charge in [0.15, 0.2) is 0 Å². The van der Waals surface area contributed by atoms with E-state index in [0.29, 0.717) is 24.7 Å². The van der Waals surface area contributed by atoms with Crippen LogP contribution < -0.4 is 16.0 Å². The Morgan fingerprint density at radius 1 is 1.30 bits per heavy atom. The van der Waals surface area contributed by atoms with Gasteiger partial charge in [-0.25, -0.2) is 0 Å². The molecule has 0 saturated carbocycles. The standard InChI is InChI=1S/C14H22N4O2/c1-10(2)9-18-13(19)5-7-17-14(20)12-8-11(15-3)4-6-16-12/h4,6,8,10H,5,7,9H2,1-3H3,(H,15,16)(H,17,20)(H,18,19). The summed E-state index contributed by atoms with van der Waals surface area (Å²) < 4.78 is 0. The Labute approximate surface area is 119 Å². The molecule has 3 N–H and O–H groups in total. The zero-order valence-electron chi connectivity index (χ0n) is 12.2. The van der Waals surface area contributed by atoms with Crippen molar-refractivity contribution in [2.24, 2.45) is 5.92 Å². The number of nitrogens with one attached hydrogen (secondary N) is 3. The van der Waals surface area contributed by atoms with Gasteiger partial charge in [-0.15, -0.1) is 0 Å². The molecule has 0 aliphatic rings. The van der Waals surface area contributed by atoms with Gasteiger partial charge in [0.1, 0.15) is 5.69 Å². The van der Waals surface area contributed by atoms with Gasteiger partial charge in [0.2, 0.25) is 5.91 Å². The van der Waals surface area contributed by atoms with Crippen molar-refractivity contribution in [3.8, 4) is 0 Å². The van der Waals surface area contributed by atoms with Crippen molar-refractivity contribution < 1.29 is 9.59 Å². The third-order valence-corrected chi connectivity index (χ3v) is 2.63. The molecule has 1 aromatic rings. The maximum absolute atomic E-state index is 11.8. The van der Waals surface area contributed by atoms with Crippen LogP contribution in [0.25, 0.3) is 0 Å². The number of carbonyl (C=O) groups is 2. The van der Waals surface area contributed by atoms with Crippen molar-refractivity contribution in [3.63, 3.8) is 0 Å². The molecule has 110 valence electrons. The van der Waals surface area contributed by atoms with E-state index < -0.39 is 0 Å². The van der Waals surface area contributed by atoms with Gasteiger partial charge in [0.05, 0.1) is 0 Å². The monoisotopic (exact) mass is 278 g/mol. The predicted octanol–water partition coefficient (Wildman–Crippen LogP) is 1.02. The SMILES string of the molecule is CNc1ccnc(C(=O)NCCC(=O)NCC(C)C)c1. The van der Waals surface area contributed by atoms with Crippen LogP contribution in [0, 0.1) is 5.92 Å². The van der Waals surface area contributed by atoms with Gasteiger partial charge >= 0.3 is 0 Å². The lowest BCUT2D eigenvalue weighted by molar-refractivity contribution is -0.121. The lowest BCUT2D eigenvalue weighted by atomic mass is 10.2. The first kappa shape index (κ1) is 15.9. The lowest BCUT2D eigenvalue weighted by Gasteiger charge is -2.08. The molecule has 0 unspecified atom stereocenters. The fourth-order valence-corrected chi connectivity index (χ4v) is 1.50. The number of hydrogen-bond donors (Lipinski definition) is 3. The summed E-state index contributed by atoms with van der Waals surface area (Å²) in [6.45, 7) is 5.01. The maximum Gasteiger partial charge on any atom is 0.269 e. The molecule has 0 fully saturated rings. The zero-order valence-corrected chi connectivity index (χ0v) is 12.2. The Hall–Kier alpha value is -2.11. The fraction of sp³-hybridized carbons (Fsp3) is 0.500. The molecule has 1 heterocycles. The second kappa shape index (κ2) is 8.14. The molecule has 0 aliphatic carbocycles. The smallest absolute Gasteiger partial charge is 0.269 e. The van der Waals surface area contributed by atoms with Crippen LogP contribution in [0.5, 0.6) is 0 Å². The first-order valence-electron chi connectivity index (χ1n) is 6.71. The van der Waals surface area contributed by atoms with E-state index in [1.54, 1.807) is 25.4 Å². The Morgan fingerprint density at radius 2 is 2.05 bits per heavy atom. The highest BCUT2D eigenvalue weighted by atomic mass is 16.2. The van der Waals surface area contributed by atoms with Gasteiger partial charge in [0, 0.05) is 38.4 Å². The molecule has 0 aromatic carbocycles. The molecule has 0 spiro atoms. The van der Waals surface area contributed by atoms with E-state index in [1.165, 1.54) is 0 Å². The molecule has 6 nitrogen and oxygen atoms in total. The third-order valence-electron chi connectivity index (χ3n) is 2.63.